The van der Waals surface area contributed by atoms with Crippen LogP contribution in [0.1, 0.15) is 49.8 Å². The number of rotatable bonds is 9. The minimum Gasteiger partial charge on any atom is -0.352 e. The molecule has 172 valence electrons. The molecule has 6 heteroatoms. The van der Waals surface area contributed by atoms with Crippen LogP contribution in [0.5, 0.6) is 0 Å². The Balaban J connectivity index is 1.44. The lowest BCUT2D eigenvalue weighted by Crippen LogP contribution is -2.36. The van der Waals surface area contributed by atoms with E-state index in [1.54, 1.807) is 7.05 Å². The average molecular weight is 436 g/mol. The molecular weight excluding hydrogens is 398 g/mol. The largest absolute Gasteiger partial charge is 0.352 e. The lowest BCUT2D eigenvalue weighted by atomic mass is 10.1. The van der Waals surface area contributed by atoms with Crippen molar-refractivity contribution < 1.29 is 4.79 Å². The first-order valence-electron chi connectivity index (χ1n) is 11.7. The minimum absolute atomic E-state index is 0.0500. The quantitative estimate of drug-likeness (QED) is 0.409. The predicted molar refractivity (Wildman–Crippen MR) is 133 cm³/mol. The van der Waals surface area contributed by atoms with Gasteiger partial charge in [-0.1, -0.05) is 50.2 Å². The number of amides is 1. The standard InChI is InChI=1S/C26H37N5O/c1-20(2)15-25(32)30-24-8-6-7-23(16-24)18-29-26(27-3)28-17-21-9-11-22(12-10-21)19-31-13-4-5-14-31/h6-12,16,20H,4-5,13-15,17-19H2,1-3H3,(H,30,32)(H2,27,28,29). The molecule has 1 aliphatic heterocycles. The molecule has 1 amide bonds. The fourth-order valence-corrected chi connectivity index (χ4v) is 3.90. The van der Waals surface area contributed by atoms with Crippen molar-refractivity contribution in [3.8, 4) is 0 Å². The first kappa shape index (κ1) is 23.8. The van der Waals surface area contributed by atoms with Crippen LogP contribution < -0.4 is 16.0 Å². The summed E-state index contributed by atoms with van der Waals surface area (Å²) in [4.78, 5) is 18.9. The monoisotopic (exact) mass is 435 g/mol. The maximum atomic E-state index is 12.0. The van der Waals surface area contributed by atoms with Gasteiger partial charge in [-0.15, -0.1) is 0 Å². The number of aliphatic imine (C=N–C) groups is 1. The van der Waals surface area contributed by atoms with Gasteiger partial charge in [0.15, 0.2) is 5.96 Å². The van der Waals surface area contributed by atoms with Crippen molar-refractivity contribution in [3.63, 3.8) is 0 Å². The van der Waals surface area contributed by atoms with Crippen molar-refractivity contribution in [2.45, 2.75) is 52.7 Å². The number of hydrogen-bond donors (Lipinski definition) is 3. The lowest BCUT2D eigenvalue weighted by Gasteiger charge is -2.15. The Morgan fingerprint density at radius 1 is 0.969 bits per heavy atom. The summed E-state index contributed by atoms with van der Waals surface area (Å²) in [5, 5.41) is 9.70. The number of benzene rings is 2. The SMILES string of the molecule is CN=C(NCc1ccc(CN2CCCC2)cc1)NCc1cccc(NC(=O)CC(C)C)c1. The number of carbonyl (C=O) groups excluding carboxylic acids is 1. The summed E-state index contributed by atoms with van der Waals surface area (Å²) in [7, 11) is 1.77. The molecule has 0 aromatic heterocycles. The Hall–Kier alpha value is -2.86. The Kier molecular flexibility index (Phi) is 9.11. The molecule has 2 aromatic carbocycles. The van der Waals surface area contributed by atoms with E-state index >= 15 is 0 Å². The van der Waals surface area contributed by atoms with Gasteiger partial charge in [-0.25, -0.2) is 0 Å². The third-order valence-corrected chi connectivity index (χ3v) is 5.58. The number of likely N-dealkylation sites (tertiary alicyclic amines) is 1. The summed E-state index contributed by atoms with van der Waals surface area (Å²) >= 11 is 0. The van der Waals surface area contributed by atoms with Crippen LogP contribution in [0.15, 0.2) is 53.5 Å². The van der Waals surface area contributed by atoms with Crippen LogP contribution in [0.25, 0.3) is 0 Å². The normalized spacial score (nSPS) is 14.6. The minimum atomic E-state index is 0.0500. The Morgan fingerprint density at radius 2 is 1.62 bits per heavy atom. The molecule has 0 saturated carbocycles. The van der Waals surface area contributed by atoms with Crippen molar-refractivity contribution in [1.29, 1.82) is 0 Å². The highest BCUT2D eigenvalue weighted by atomic mass is 16.1. The fraction of sp³-hybridized carbons (Fsp3) is 0.462. The molecule has 0 aliphatic carbocycles. The molecule has 3 rings (SSSR count). The first-order valence-corrected chi connectivity index (χ1v) is 11.7. The van der Waals surface area contributed by atoms with E-state index in [4.69, 9.17) is 0 Å². The van der Waals surface area contributed by atoms with Crippen LogP contribution in [0.4, 0.5) is 5.69 Å². The van der Waals surface area contributed by atoms with Crippen LogP contribution in [-0.2, 0) is 24.4 Å². The Labute approximate surface area is 192 Å². The maximum Gasteiger partial charge on any atom is 0.224 e. The third-order valence-electron chi connectivity index (χ3n) is 5.58. The van der Waals surface area contributed by atoms with Gasteiger partial charge in [0.1, 0.15) is 0 Å². The van der Waals surface area contributed by atoms with Gasteiger partial charge in [0.25, 0.3) is 0 Å². The van der Waals surface area contributed by atoms with E-state index in [9.17, 15) is 4.79 Å². The summed E-state index contributed by atoms with van der Waals surface area (Å²) in [6.07, 6.45) is 3.18. The molecule has 2 aromatic rings. The van der Waals surface area contributed by atoms with Gasteiger partial charge in [0.2, 0.25) is 5.91 Å². The molecule has 0 radical (unpaired) electrons. The zero-order valence-corrected chi connectivity index (χ0v) is 19.7. The van der Waals surface area contributed by atoms with Gasteiger partial charge in [-0.3, -0.25) is 14.7 Å². The van der Waals surface area contributed by atoms with E-state index in [1.807, 2.05) is 38.1 Å². The van der Waals surface area contributed by atoms with Crippen molar-refractivity contribution >= 4 is 17.6 Å². The number of nitrogens with zero attached hydrogens (tertiary/aromatic N) is 2. The molecule has 0 bridgehead atoms. The van der Waals surface area contributed by atoms with Gasteiger partial charge in [-0.05, 0) is 60.7 Å². The summed E-state index contributed by atoms with van der Waals surface area (Å²) in [6, 6.07) is 16.7. The van der Waals surface area contributed by atoms with Crippen LogP contribution in [0, 0.1) is 5.92 Å². The molecule has 1 aliphatic rings. The number of anilines is 1. The second-order valence-electron chi connectivity index (χ2n) is 8.93. The molecule has 1 fully saturated rings. The summed E-state index contributed by atoms with van der Waals surface area (Å²) in [5.74, 6) is 1.14. The summed E-state index contributed by atoms with van der Waals surface area (Å²) in [6.45, 7) is 8.92. The van der Waals surface area contributed by atoms with Gasteiger partial charge in [0, 0.05) is 38.8 Å². The molecule has 0 unspecified atom stereocenters. The second kappa shape index (κ2) is 12.2. The van der Waals surface area contributed by atoms with Gasteiger partial charge < -0.3 is 16.0 Å². The third kappa shape index (κ3) is 8.00. The van der Waals surface area contributed by atoms with E-state index in [-0.39, 0.29) is 5.91 Å². The fourth-order valence-electron chi connectivity index (χ4n) is 3.90. The number of hydrogen-bond acceptors (Lipinski definition) is 3. The highest BCUT2D eigenvalue weighted by Crippen LogP contribution is 2.14. The van der Waals surface area contributed by atoms with Crippen LogP contribution in [0.2, 0.25) is 0 Å². The van der Waals surface area contributed by atoms with Gasteiger partial charge in [0.05, 0.1) is 0 Å². The van der Waals surface area contributed by atoms with Crippen molar-refractivity contribution in [1.82, 2.24) is 15.5 Å². The Morgan fingerprint density at radius 3 is 2.28 bits per heavy atom. The topological polar surface area (TPSA) is 68.8 Å². The van der Waals surface area contributed by atoms with Crippen molar-refractivity contribution in [2.75, 3.05) is 25.5 Å². The molecule has 1 heterocycles. The lowest BCUT2D eigenvalue weighted by molar-refractivity contribution is -0.116. The van der Waals surface area contributed by atoms with E-state index in [0.29, 0.717) is 18.9 Å². The first-order chi connectivity index (χ1) is 15.5. The predicted octanol–water partition coefficient (Wildman–Crippen LogP) is 4.13. The van der Waals surface area contributed by atoms with Crippen LogP contribution >= 0.6 is 0 Å². The highest BCUT2D eigenvalue weighted by molar-refractivity contribution is 5.90. The molecule has 0 spiro atoms. The van der Waals surface area contributed by atoms with Crippen LogP contribution in [-0.4, -0.2) is 36.9 Å². The molecule has 0 atom stereocenters. The summed E-state index contributed by atoms with van der Waals surface area (Å²) in [5.41, 5.74) is 4.51. The maximum absolute atomic E-state index is 12.0. The molecule has 1 saturated heterocycles. The van der Waals surface area contributed by atoms with Gasteiger partial charge in [-0.2, -0.15) is 0 Å². The highest BCUT2D eigenvalue weighted by Gasteiger charge is 2.11. The smallest absolute Gasteiger partial charge is 0.224 e. The Bertz CT molecular complexity index is 885. The van der Waals surface area contributed by atoms with E-state index in [1.165, 1.54) is 37.1 Å². The molecule has 32 heavy (non-hydrogen) atoms. The molecule has 3 N–H and O–H groups in total. The van der Waals surface area contributed by atoms with E-state index in [0.717, 1.165) is 30.3 Å². The molecule has 6 nitrogen and oxygen atoms in total. The van der Waals surface area contributed by atoms with Crippen molar-refractivity contribution in [2.24, 2.45) is 10.9 Å². The summed E-state index contributed by atoms with van der Waals surface area (Å²) < 4.78 is 0. The van der Waals surface area contributed by atoms with E-state index in [2.05, 4.69) is 50.1 Å². The zero-order valence-electron chi connectivity index (χ0n) is 19.7. The number of guanidine groups is 1. The number of carbonyl (C=O) groups is 1. The second-order valence-corrected chi connectivity index (χ2v) is 8.93. The van der Waals surface area contributed by atoms with Gasteiger partial charge >= 0.3 is 0 Å². The van der Waals surface area contributed by atoms with E-state index < -0.39 is 0 Å². The van der Waals surface area contributed by atoms with Crippen LogP contribution in [0.3, 0.4) is 0 Å². The average Bonchev–Trinajstić information content (AvgIpc) is 3.27. The van der Waals surface area contributed by atoms with Crippen molar-refractivity contribution in [3.05, 3.63) is 65.2 Å². The zero-order chi connectivity index (χ0) is 22.8. The molecular formula is C26H37N5O. The number of nitrogens with one attached hydrogen (secondary N) is 3.